The number of piperidine rings is 1. The van der Waals surface area contributed by atoms with Gasteiger partial charge in [0.1, 0.15) is 5.82 Å². The van der Waals surface area contributed by atoms with Gasteiger partial charge in [-0.1, -0.05) is 0 Å². The fourth-order valence-corrected chi connectivity index (χ4v) is 3.97. The Kier molecular flexibility index (Phi) is 4.95. The number of hydrogen-bond acceptors (Lipinski definition) is 3. The second kappa shape index (κ2) is 6.53. The molecule has 1 N–H and O–H groups in total. The lowest BCUT2D eigenvalue weighted by molar-refractivity contribution is -0.125. The van der Waals surface area contributed by atoms with Crippen molar-refractivity contribution in [2.24, 2.45) is 5.92 Å². The molecule has 21 heavy (non-hydrogen) atoms. The zero-order valence-electron chi connectivity index (χ0n) is 11.9. The molecule has 1 atom stereocenters. The highest BCUT2D eigenvalue weighted by molar-refractivity contribution is 7.89. The molecule has 0 bridgehead atoms. The van der Waals surface area contributed by atoms with Gasteiger partial charge >= 0.3 is 0 Å². The van der Waals surface area contributed by atoms with E-state index >= 15 is 0 Å². The summed E-state index contributed by atoms with van der Waals surface area (Å²) >= 11 is 0. The van der Waals surface area contributed by atoms with Crippen LogP contribution in [0, 0.1) is 11.7 Å². The van der Waals surface area contributed by atoms with E-state index in [9.17, 15) is 17.6 Å². The van der Waals surface area contributed by atoms with E-state index in [1.54, 1.807) is 0 Å². The van der Waals surface area contributed by atoms with Crippen molar-refractivity contribution in [3.05, 3.63) is 30.1 Å². The summed E-state index contributed by atoms with van der Waals surface area (Å²) in [4.78, 5) is 11.9. The molecule has 7 heteroatoms. The first-order chi connectivity index (χ1) is 9.95. The number of carbonyl (C=O) groups is 1. The van der Waals surface area contributed by atoms with E-state index in [-0.39, 0.29) is 23.3 Å². The first-order valence-electron chi connectivity index (χ1n) is 6.98. The molecule has 116 valence electrons. The first-order valence-corrected chi connectivity index (χ1v) is 8.42. The summed E-state index contributed by atoms with van der Waals surface area (Å²) in [6, 6.07) is 4.75. The van der Waals surface area contributed by atoms with E-state index in [4.69, 9.17) is 0 Å². The van der Waals surface area contributed by atoms with Crippen molar-refractivity contribution < 1.29 is 17.6 Å². The summed E-state index contributed by atoms with van der Waals surface area (Å²) in [5.41, 5.74) is 0. The number of amides is 1. The highest BCUT2D eigenvalue weighted by Crippen LogP contribution is 2.24. The van der Waals surface area contributed by atoms with Crippen LogP contribution in [0.2, 0.25) is 0 Å². The third-order valence-electron chi connectivity index (χ3n) is 3.56. The minimum atomic E-state index is -3.67. The number of rotatable bonds is 4. The number of benzene rings is 1. The Morgan fingerprint density at radius 3 is 2.67 bits per heavy atom. The molecular weight excluding hydrogens is 295 g/mol. The van der Waals surface area contributed by atoms with Crippen LogP contribution in [-0.2, 0) is 14.8 Å². The SMILES string of the molecule is CCNC(=O)[C@H]1CCCN(S(=O)(=O)c2ccc(F)cc2)C1. The summed E-state index contributed by atoms with van der Waals surface area (Å²) < 4.78 is 39.2. The molecule has 1 fully saturated rings. The molecule has 0 spiro atoms. The zero-order valence-corrected chi connectivity index (χ0v) is 12.7. The Labute approximate surface area is 124 Å². The van der Waals surface area contributed by atoms with Gasteiger partial charge in [-0.05, 0) is 44.0 Å². The normalized spacial score (nSPS) is 20.2. The number of halogens is 1. The van der Waals surface area contributed by atoms with E-state index in [1.807, 2.05) is 6.92 Å². The molecule has 0 radical (unpaired) electrons. The van der Waals surface area contributed by atoms with Crippen LogP contribution >= 0.6 is 0 Å². The van der Waals surface area contributed by atoms with Crippen molar-refractivity contribution in [2.45, 2.75) is 24.7 Å². The molecule has 1 amide bonds. The second-order valence-electron chi connectivity index (χ2n) is 5.05. The molecule has 1 aromatic rings. The molecule has 0 aliphatic carbocycles. The van der Waals surface area contributed by atoms with E-state index in [2.05, 4.69) is 5.32 Å². The molecule has 2 rings (SSSR count). The van der Waals surface area contributed by atoms with Crippen LogP contribution < -0.4 is 5.32 Å². The van der Waals surface area contributed by atoms with E-state index in [0.717, 1.165) is 12.1 Å². The first kappa shape index (κ1) is 15.9. The Hall–Kier alpha value is -1.47. The van der Waals surface area contributed by atoms with Gasteiger partial charge < -0.3 is 5.32 Å². The molecular formula is C14H19FN2O3S. The van der Waals surface area contributed by atoms with Crippen molar-refractivity contribution in [2.75, 3.05) is 19.6 Å². The molecule has 1 aliphatic rings. The Morgan fingerprint density at radius 1 is 1.38 bits per heavy atom. The molecule has 1 aromatic carbocycles. The second-order valence-corrected chi connectivity index (χ2v) is 6.99. The monoisotopic (exact) mass is 314 g/mol. The Bertz CT molecular complexity index is 601. The molecule has 5 nitrogen and oxygen atoms in total. The standard InChI is InChI=1S/C14H19FN2O3S/c1-2-16-14(18)11-4-3-9-17(10-11)21(19,20)13-7-5-12(15)6-8-13/h5-8,11H,2-4,9-10H2,1H3,(H,16,18)/t11-/m0/s1. The van der Waals surface area contributed by atoms with Gasteiger partial charge in [0.15, 0.2) is 0 Å². The van der Waals surface area contributed by atoms with Gasteiger partial charge in [0.05, 0.1) is 10.8 Å². The van der Waals surface area contributed by atoms with Gasteiger partial charge in [-0.15, -0.1) is 0 Å². The Morgan fingerprint density at radius 2 is 2.05 bits per heavy atom. The van der Waals surface area contributed by atoms with Crippen molar-refractivity contribution in [3.8, 4) is 0 Å². The maximum atomic E-state index is 12.9. The van der Waals surface area contributed by atoms with E-state index < -0.39 is 15.8 Å². The van der Waals surface area contributed by atoms with Crippen molar-refractivity contribution >= 4 is 15.9 Å². The largest absolute Gasteiger partial charge is 0.356 e. The molecule has 0 aromatic heterocycles. The van der Waals surface area contributed by atoms with Crippen LogP contribution in [0.25, 0.3) is 0 Å². The van der Waals surface area contributed by atoms with Gasteiger partial charge in [-0.25, -0.2) is 12.8 Å². The van der Waals surface area contributed by atoms with Crippen molar-refractivity contribution in [1.82, 2.24) is 9.62 Å². The van der Waals surface area contributed by atoms with Gasteiger partial charge in [-0.3, -0.25) is 4.79 Å². The number of sulfonamides is 1. The number of hydrogen-bond donors (Lipinski definition) is 1. The quantitative estimate of drug-likeness (QED) is 0.912. The summed E-state index contributed by atoms with van der Waals surface area (Å²) in [5, 5.41) is 2.72. The van der Waals surface area contributed by atoms with Crippen molar-refractivity contribution in [1.29, 1.82) is 0 Å². The van der Waals surface area contributed by atoms with Crippen LogP contribution in [0.15, 0.2) is 29.2 Å². The molecule has 0 unspecified atom stereocenters. The van der Waals surface area contributed by atoms with Gasteiger partial charge in [0.25, 0.3) is 0 Å². The number of nitrogens with one attached hydrogen (secondary N) is 1. The minimum Gasteiger partial charge on any atom is -0.356 e. The number of nitrogens with zero attached hydrogens (tertiary/aromatic N) is 1. The molecule has 1 saturated heterocycles. The Balaban J connectivity index is 2.16. The van der Waals surface area contributed by atoms with Crippen LogP contribution in [0.4, 0.5) is 4.39 Å². The van der Waals surface area contributed by atoms with Crippen LogP contribution in [0.5, 0.6) is 0 Å². The van der Waals surface area contributed by atoms with Gasteiger partial charge in [-0.2, -0.15) is 4.31 Å². The average Bonchev–Trinajstić information content (AvgIpc) is 2.48. The minimum absolute atomic E-state index is 0.0560. The highest BCUT2D eigenvalue weighted by atomic mass is 32.2. The molecule has 1 heterocycles. The van der Waals surface area contributed by atoms with Crippen LogP contribution in [-0.4, -0.2) is 38.3 Å². The van der Waals surface area contributed by atoms with Crippen molar-refractivity contribution in [3.63, 3.8) is 0 Å². The fraction of sp³-hybridized carbons (Fsp3) is 0.500. The summed E-state index contributed by atoms with van der Waals surface area (Å²) in [6.45, 7) is 2.91. The maximum absolute atomic E-state index is 12.9. The summed E-state index contributed by atoms with van der Waals surface area (Å²) in [7, 11) is -3.67. The lowest BCUT2D eigenvalue weighted by Crippen LogP contribution is -2.45. The lowest BCUT2D eigenvalue weighted by atomic mass is 9.99. The smallest absolute Gasteiger partial charge is 0.243 e. The van der Waals surface area contributed by atoms with E-state index in [0.29, 0.717) is 25.9 Å². The van der Waals surface area contributed by atoms with Crippen LogP contribution in [0.3, 0.4) is 0 Å². The van der Waals surface area contributed by atoms with Gasteiger partial charge in [0.2, 0.25) is 15.9 Å². The third-order valence-corrected chi connectivity index (χ3v) is 5.44. The topological polar surface area (TPSA) is 66.5 Å². The molecule has 0 saturated carbocycles. The van der Waals surface area contributed by atoms with E-state index in [1.165, 1.54) is 16.4 Å². The predicted octanol–water partition coefficient (Wildman–Crippen LogP) is 1.36. The summed E-state index contributed by atoms with van der Waals surface area (Å²) in [5.74, 6) is -0.918. The fourth-order valence-electron chi connectivity index (χ4n) is 2.45. The maximum Gasteiger partial charge on any atom is 0.243 e. The number of carbonyl (C=O) groups excluding carboxylic acids is 1. The van der Waals surface area contributed by atoms with Gasteiger partial charge in [0, 0.05) is 19.6 Å². The molecule has 1 aliphatic heterocycles. The van der Waals surface area contributed by atoms with Crippen LogP contribution in [0.1, 0.15) is 19.8 Å². The average molecular weight is 314 g/mol. The summed E-state index contributed by atoms with van der Waals surface area (Å²) in [6.07, 6.45) is 1.32. The highest BCUT2D eigenvalue weighted by Gasteiger charge is 2.33. The lowest BCUT2D eigenvalue weighted by Gasteiger charge is -2.31. The third kappa shape index (κ3) is 3.59. The predicted molar refractivity (Wildman–Crippen MR) is 76.6 cm³/mol. The zero-order chi connectivity index (χ0) is 15.5.